The van der Waals surface area contributed by atoms with Gasteiger partial charge in [-0.25, -0.2) is 4.79 Å². The van der Waals surface area contributed by atoms with Crippen molar-refractivity contribution < 1.29 is 9.90 Å². The molecule has 1 rings (SSSR count). The lowest BCUT2D eigenvalue weighted by Gasteiger charge is -2.09. The highest BCUT2D eigenvalue weighted by atomic mass is 16.4. The molecule has 0 heterocycles. The summed E-state index contributed by atoms with van der Waals surface area (Å²) in [5.41, 5.74) is 5.92. The first-order chi connectivity index (χ1) is 9.97. The zero-order chi connectivity index (χ0) is 15.8. The van der Waals surface area contributed by atoms with Crippen LogP contribution in [0.15, 0.2) is 48.1 Å². The van der Waals surface area contributed by atoms with Crippen LogP contribution in [-0.4, -0.2) is 11.1 Å². The van der Waals surface area contributed by atoms with E-state index < -0.39 is 5.97 Å². The standard InChI is InChI=1S/C19H24O2/c1-5-16-10-11-18(13-17(16)6-2)15(4)9-7-8-14(3)12-19(20)21/h7-13H,5-6H2,1-4H3,(H,20,21)/b8-7+,14-12+,15-9+. The van der Waals surface area contributed by atoms with Gasteiger partial charge in [0.25, 0.3) is 0 Å². The molecular formula is C19H24O2. The minimum absolute atomic E-state index is 0.724. The van der Waals surface area contributed by atoms with E-state index in [1.54, 1.807) is 13.0 Å². The van der Waals surface area contributed by atoms with Crippen LogP contribution < -0.4 is 0 Å². The number of carboxylic acids is 1. The SMILES string of the molecule is CCc1ccc(/C(C)=C/C=C/C(C)=C/C(=O)O)cc1CC. The Bertz CT molecular complexity index is 590. The van der Waals surface area contributed by atoms with E-state index in [9.17, 15) is 4.79 Å². The van der Waals surface area contributed by atoms with E-state index in [0.717, 1.165) is 18.4 Å². The zero-order valence-electron chi connectivity index (χ0n) is 13.3. The molecule has 2 nitrogen and oxygen atoms in total. The van der Waals surface area contributed by atoms with Crippen molar-refractivity contribution in [2.75, 3.05) is 0 Å². The predicted octanol–water partition coefficient (Wildman–Crippen LogP) is 4.80. The van der Waals surface area contributed by atoms with Crippen molar-refractivity contribution in [3.8, 4) is 0 Å². The van der Waals surface area contributed by atoms with Crippen molar-refractivity contribution in [2.24, 2.45) is 0 Å². The molecule has 0 radical (unpaired) electrons. The second kappa shape index (κ2) is 8.25. The summed E-state index contributed by atoms with van der Waals surface area (Å²) in [4.78, 5) is 10.5. The van der Waals surface area contributed by atoms with Crippen LogP contribution in [-0.2, 0) is 17.6 Å². The van der Waals surface area contributed by atoms with Crippen molar-refractivity contribution in [3.63, 3.8) is 0 Å². The van der Waals surface area contributed by atoms with E-state index >= 15 is 0 Å². The lowest BCUT2D eigenvalue weighted by Crippen LogP contribution is -1.92. The van der Waals surface area contributed by atoms with Crippen molar-refractivity contribution in [2.45, 2.75) is 40.5 Å². The third-order valence-electron chi connectivity index (χ3n) is 3.48. The highest BCUT2D eigenvalue weighted by molar-refractivity contribution is 5.81. The molecule has 0 fully saturated rings. The number of carbonyl (C=O) groups is 1. The number of aryl methyl sites for hydroxylation is 2. The summed E-state index contributed by atoms with van der Waals surface area (Å²) in [6, 6.07) is 6.60. The fraction of sp³-hybridized carbons (Fsp3) is 0.316. The maximum Gasteiger partial charge on any atom is 0.328 e. The van der Waals surface area contributed by atoms with Crippen LogP contribution >= 0.6 is 0 Å². The van der Waals surface area contributed by atoms with Gasteiger partial charge in [0.2, 0.25) is 0 Å². The Balaban J connectivity index is 2.93. The molecule has 0 aliphatic heterocycles. The van der Waals surface area contributed by atoms with Crippen molar-refractivity contribution in [1.82, 2.24) is 0 Å². The normalized spacial score (nSPS) is 13.0. The van der Waals surface area contributed by atoms with Crippen molar-refractivity contribution >= 4 is 11.5 Å². The Hall–Kier alpha value is -2.09. The van der Waals surface area contributed by atoms with Gasteiger partial charge in [-0.3, -0.25) is 0 Å². The molecule has 0 aliphatic carbocycles. The van der Waals surface area contributed by atoms with Crippen LogP contribution in [0.3, 0.4) is 0 Å². The summed E-state index contributed by atoms with van der Waals surface area (Å²) in [5, 5.41) is 8.65. The second-order valence-electron chi connectivity index (χ2n) is 5.13. The van der Waals surface area contributed by atoms with Crippen LogP contribution in [0.2, 0.25) is 0 Å². The second-order valence-corrected chi connectivity index (χ2v) is 5.13. The summed E-state index contributed by atoms with van der Waals surface area (Å²) in [7, 11) is 0. The largest absolute Gasteiger partial charge is 0.478 e. The molecule has 0 amide bonds. The first kappa shape index (κ1) is 17.0. The monoisotopic (exact) mass is 284 g/mol. The third-order valence-corrected chi connectivity index (χ3v) is 3.48. The first-order valence-corrected chi connectivity index (χ1v) is 7.36. The lowest BCUT2D eigenvalue weighted by atomic mass is 9.97. The number of carboxylic acid groups (broad SMARTS) is 1. The number of rotatable bonds is 6. The fourth-order valence-corrected chi connectivity index (χ4v) is 2.23. The topological polar surface area (TPSA) is 37.3 Å². The number of benzene rings is 1. The molecule has 0 unspecified atom stereocenters. The van der Waals surface area contributed by atoms with Gasteiger partial charge < -0.3 is 5.11 Å². The minimum atomic E-state index is -0.916. The molecular weight excluding hydrogens is 260 g/mol. The Kier molecular flexibility index (Phi) is 6.67. The molecule has 0 saturated heterocycles. The number of allylic oxidation sites excluding steroid dienone is 5. The molecule has 2 heteroatoms. The number of hydrogen-bond donors (Lipinski definition) is 1. The van der Waals surface area contributed by atoms with Crippen LogP contribution in [0.1, 0.15) is 44.4 Å². The van der Waals surface area contributed by atoms with Gasteiger partial charge in [0.15, 0.2) is 0 Å². The maximum absolute atomic E-state index is 10.5. The van der Waals surface area contributed by atoms with Crippen molar-refractivity contribution in [1.29, 1.82) is 0 Å². The van der Waals surface area contributed by atoms with E-state index in [-0.39, 0.29) is 0 Å². The quantitative estimate of drug-likeness (QED) is 0.601. The maximum atomic E-state index is 10.5. The summed E-state index contributed by atoms with van der Waals surface area (Å²) >= 11 is 0. The molecule has 1 N–H and O–H groups in total. The molecule has 0 aliphatic rings. The van der Waals surface area contributed by atoms with E-state index in [0.29, 0.717) is 0 Å². The Morgan fingerprint density at radius 2 is 1.81 bits per heavy atom. The third kappa shape index (κ3) is 5.42. The van der Waals surface area contributed by atoms with E-state index in [2.05, 4.69) is 39.0 Å². The van der Waals surface area contributed by atoms with E-state index in [4.69, 9.17) is 5.11 Å². The molecule has 1 aromatic carbocycles. The van der Waals surface area contributed by atoms with Crippen LogP contribution in [0.25, 0.3) is 5.57 Å². The minimum Gasteiger partial charge on any atom is -0.478 e. The van der Waals surface area contributed by atoms with Gasteiger partial charge in [0.05, 0.1) is 0 Å². The zero-order valence-corrected chi connectivity index (χ0v) is 13.3. The van der Waals surface area contributed by atoms with Gasteiger partial charge in [-0.1, -0.05) is 50.3 Å². The average Bonchev–Trinajstić information content (AvgIpc) is 2.45. The summed E-state index contributed by atoms with van der Waals surface area (Å²) in [5.74, 6) is -0.916. The van der Waals surface area contributed by atoms with Gasteiger partial charge in [0.1, 0.15) is 0 Å². The summed E-state index contributed by atoms with van der Waals surface area (Å²) in [6.45, 7) is 8.20. The summed E-state index contributed by atoms with van der Waals surface area (Å²) < 4.78 is 0. The predicted molar refractivity (Wildman–Crippen MR) is 89.4 cm³/mol. The molecule has 0 atom stereocenters. The molecule has 1 aromatic rings. The van der Waals surface area contributed by atoms with Gasteiger partial charge in [-0.2, -0.15) is 0 Å². The molecule has 0 spiro atoms. The van der Waals surface area contributed by atoms with Crippen LogP contribution in [0.4, 0.5) is 0 Å². The highest BCUT2D eigenvalue weighted by Crippen LogP contribution is 2.20. The molecule has 0 aromatic heterocycles. The van der Waals surface area contributed by atoms with Crippen LogP contribution in [0.5, 0.6) is 0 Å². The molecule has 21 heavy (non-hydrogen) atoms. The Labute approximate surface area is 127 Å². The fourth-order valence-electron chi connectivity index (χ4n) is 2.23. The molecule has 112 valence electrons. The smallest absolute Gasteiger partial charge is 0.328 e. The Morgan fingerprint density at radius 1 is 1.14 bits per heavy atom. The van der Waals surface area contributed by atoms with E-state index in [1.807, 2.05) is 12.2 Å². The van der Waals surface area contributed by atoms with Gasteiger partial charge >= 0.3 is 5.97 Å². The van der Waals surface area contributed by atoms with Gasteiger partial charge in [0, 0.05) is 6.08 Å². The molecule has 0 saturated carbocycles. The average molecular weight is 284 g/mol. The lowest BCUT2D eigenvalue weighted by molar-refractivity contribution is -0.131. The highest BCUT2D eigenvalue weighted by Gasteiger charge is 2.01. The first-order valence-electron chi connectivity index (χ1n) is 7.36. The van der Waals surface area contributed by atoms with Crippen molar-refractivity contribution in [3.05, 3.63) is 64.8 Å². The number of aliphatic carboxylic acids is 1. The van der Waals surface area contributed by atoms with Crippen LogP contribution in [0, 0.1) is 0 Å². The molecule has 0 bridgehead atoms. The number of hydrogen-bond acceptors (Lipinski definition) is 1. The van der Waals surface area contributed by atoms with E-state index in [1.165, 1.54) is 28.3 Å². The van der Waals surface area contributed by atoms with Gasteiger partial charge in [-0.05, 0) is 54.5 Å². The van der Waals surface area contributed by atoms with Gasteiger partial charge in [-0.15, -0.1) is 0 Å². The summed E-state index contributed by atoms with van der Waals surface area (Å²) in [6.07, 6.45) is 9.01. The Morgan fingerprint density at radius 3 is 2.38 bits per heavy atom.